The Labute approximate surface area is 163 Å². The molecule has 2 aliphatic carbocycles. The Bertz CT molecular complexity index is 667. The number of nitrogens with zero attached hydrogens (tertiary/aromatic N) is 1. The van der Waals surface area contributed by atoms with Gasteiger partial charge in [0, 0.05) is 23.5 Å². The van der Waals surface area contributed by atoms with Crippen LogP contribution in [0.2, 0.25) is 0 Å². The molecule has 1 aliphatic heterocycles. The average molecular weight is 419 g/mol. The van der Waals surface area contributed by atoms with Gasteiger partial charge >= 0.3 is 0 Å². The maximum atomic E-state index is 13.0. The van der Waals surface area contributed by atoms with E-state index in [-0.39, 0.29) is 29.7 Å². The molecule has 0 aromatic heterocycles. The predicted octanol–water partition coefficient (Wildman–Crippen LogP) is 4.06. The van der Waals surface area contributed by atoms with E-state index in [1.54, 1.807) is 0 Å². The number of likely N-dealkylation sites (tertiary alicyclic amines) is 1. The summed E-state index contributed by atoms with van der Waals surface area (Å²) in [6.45, 7) is 1.41. The van der Waals surface area contributed by atoms with Gasteiger partial charge in [0.2, 0.25) is 11.8 Å². The van der Waals surface area contributed by atoms with E-state index in [0.717, 1.165) is 36.7 Å². The monoisotopic (exact) mass is 418 g/mol. The highest BCUT2D eigenvalue weighted by atomic mass is 79.9. The molecular weight excluding hydrogens is 392 g/mol. The van der Waals surface area contributed by atoms with Gasteiger partial charge < -0.3 is 10.2 Å². The molecule has 1 heterocycles. The maximum absolute atomic E-state index is 13.0. The number of hydrogen-bond acceptors (Lipinski definition) is 2. The third-order valence-corrected chi connectivity index (χ3v) is 6.71. The highest BCUT2D eigenvalue weighted by molar-refractivity contribution is 9.10. The third kappa shape index (κ3) is 3.98. The minimum Gasteiger partial charge on any atom is -0.349 e. The van der Waals surface area contributed by atoms with Crippen molar-refractivity contribution in [2.45, 2.75) is 51.0 Å². The van der Waals surface area contributed by atoms with Crippen LogP contribution in [0.5, 0.6) is 0 Å². The van der Waals surface area contributed by atoms with Crippen molar-refractivity contribution in [2.75, 3.05) is 13.1 Å². The van der Waals surface area contributed by atoms with Gasteiger partial charge in [0.05, 0.1) is 12.0 Å². The van der Waals surface area contributed by atoms with E-state index in [0.29, 0.717) is 12.5 Å². The Hall–Kier alpha value is -1.36. The van der Waals surface area contributed by atoms with Gasteiger partial charge in [0.15, 0.2) is 0 Å². The molecule has 4 nitrogen and oxygen atoms in total. The zero-order valence-corrected chi connectivity index (χ0v) is 16.7. The molecular formula is C21H27BrN2O2. The summed E-state index contributed by atoms with van der Waals surface area (Å²) < 4.78 is 1.06. The van der Waals surface area contributed by atoms with Crippen LogP contribution in [0.15, 0.2) is 28.7 Å². The normalized spacial score (nSPS) is 24.7. The van der Waals surface area contributed by atoms with Crippen molar-refractivity contribution in [1.82, 2.24) is 10.2 Å². The second-order valence-corrected chi connectivity index (χ2v) is 9.04. The van der Waals surface area contributed by atoms with Crippen LogP contribution in [0, 0.1) is 17.8 Å². The zero-order chi connectivity index (χ0) is 18.1. The molecule has 1 aromatic carbocycles. The quantitative estimate of drug-likeness (QED) is 0.783. The molecule has 3 aliphatic rings. The SMILES string of the molecule is O=C(NC(c1ccc(Br)cc1)C1CCC1)C1CCCN(C(=O)C2CC2)C1. The molecule has 4 rings (SSSR count). The number of rotatable bonds is 5. The predicted molar refractivity (Wildman–Crippen MR) is 104 cm³/mol. The first-order valence-corrected chi connectivity index (χ1v) is 10.8. The van der Waals surface area contributed by atoms with Crippen LogP contribution in [0.3, 0.4) is 0 Å². The Morgan fingerprint density at radius 2 is 1.73 bits per heavy atom. The first-order valence-electron chi connectivity index (χ1n) is 9.96. The molecule has 5 heteroatoms. The Kier molecular flexibility index (Phi) is 5.35. The first kappa shape index (κ1) is 18.0. The number of hydrogen-bond donors (Lipinski definition) is 1. The lowest BCUT2D eigenvalue weighted by Gasteiger charge is -2.37. The van der Waals surface area contributed by atoms with Gasteiger partial charge in [0.25, 0.3) is 0 Å². The molecule has 2 unspecified atom stereocenters. The van der Waals surface area contributed by atoms with Crippen molar-refractivity contribution in [1.29, 1.82) is 0 Å². The number of amides is 2. The highest BCUT2D eigenvalue weighted by Crippen LogP contribution is 2.38. The Balaban J connectivity index is 1.42. The van der Waals surface area contributed by atoms with Crippen LogP contribution in [-0.4, -0.2) is 29.8 Å². The minimum absolute atomic E-state index is 0.0653. The number of carbonyl (C=O) groups is 2. The van der Waals surface area contributed by atoms with Crippen molar-refractivity contribution in [3.63, 3.8) is 0 Å². The summed E-state index contributed by atoms with van der Waals surface area (Å²) in [7, 11) is 0. The zero-order valence-electron chi connectivity index (χ0n) is 15.1. The number of piperidine rings is 1. The summed E-state index contributed by atoms with van der Waals surface area (Å²) in [4.78, 5) is 27.3. The number of carbonyl (C=O) groups excluding carboxylic acids is 2. The molecule has 0 spiro atoms. The standard InChI is InChI=1S/C21H27BrN2O2/c22-18-10-8-15(9-11-18)19(14-3-1-4-14)23-20(25)17-5-2-12-24(13-17)21(26)16-6-7-16/h8-11,14,16-17,19H,1-7,12-13H2,(H,23,25). The van der Waals surface area contributed by atoms with E-state index in [4.69, 9.17) is 0 Å². The summed E-state index contributed by atoms with van der Waals surface area (Å²) in [5.74, 6) is 1.10. The minimum atomic E-state index is -0.0653. The molecule has 0 bridgehead atoms. The fraction of sp³-hybridized carbons (Fsp3) is 0.619. The average Bonchev–Trinajstić information content (AvgIpc) is 3.45. The second-order valence-electron chi connectivity index (χ2n) is 8.13. The van der Waals surface area contributed by atoms with Gasteiger partial charge in [-0.1, -0.05) is 34.5 Å². The van der Waals surface area contributed by atoms with E-state index in [1.807, 2.05) is 17.0 Å². The van der Waals surface area contributed by atoms with Gasteiger partial charge in [-0.05, 0) is 62.1 Å². The van der Waals surface area contributed by atoms with Crippen molar-refractivity contribution >= 4 is 27.7 Å². The van der Waals surface area contributed by atoms with E-state index < -0.39 is 0 Å². The second kappa shape index (κ2) is 7.71. The molecule has 2 amide bonds. The van der Waals surface area contributed by atoms with Crippen LogP contribution < -0.4 is 5.32 Å². The van der Waals surface area contributed by atoms with Gasteiger partial charge in [-0.25, -0.2) is 0 Å². The van der Waals surface area contributed by atoms with Crippen molar-refractivity contribution < 1.29 is 9.59 Å². The van der Waals surface area contributed by atoms with Crippen molar-refractivity contribution in [3.8, 4) is 0 Å². The Morgan fingerprint density at radius 1 is 1.00 bits per heavy atom. The van der Waals surface area contributed by atoms with Crippen LogP contribution in [0.1, 0.15) is 56.6 Å². The largest absolute Gasteiger partial charge is 0.349 e. The maximum Gasteiger partial charge on any atom is 0.225 e. The Morgan fingerprint density at radius 3 is 2.35 bits per heavy atom. The lowest BCUT2D eigenvalue weighted by Crippen LogP contribution is -2.47. The summed E-state index contributed by atoms with van der Waals surface area (Å²) in [5, 5.41) is 3.34. The van der Waals surface area contributed by atoms with E-state index in [9.17, 15) is 9.59 Å². The smallest absolute Gasteiger partial charge is 0.225 e. The number of halogens is 1. The summed E-state index contributed by atoms with van der Waals surface area (Å²) in [6.07, 6.45) is 7.48. The van der Waals surface area contributed by atoms with Crippen LogP contribution in [-0.2, 0) is 9.59 Å². The van der Waals surface area contributed by atoms with E-state index in [1.165, 1.54) is 24.8 Å². The molecule has 2 saturated carbocycles. The van der Waals surface area contributed by atoms with Crippen LogP contribution >= 0.6 is 15.9 Å². The fourth-order valence-electron chi connectivity index (χ4n) is 4.17. The van der Waals surface area contributed by atoms with Gasteiger partial charge in [0.1, 0.15) is 0 Å². The fourth-order valence-corrected chi connectivity index (χ4v) is 4.43. The van der Waals surface area contributed by atoms with Crippen LogP contribution in [0.25, 0.3) is 0 Å². The molecule has 3 fully saturated rings. The van der Waals surface area contributed by atoms with E-state index in [2.05, 4.69) is 33.4 Å². The number of benzene rings is 1. The first-order chi connectivity index (χ1) is 12.6. The summed E-state index contributed by atoms with van der Waals surface area (Å²) in [5.41, 5.74) is 1.19. The van der Waals surface area contributed by atoms with Gasteiger partial charge in [-0.15, -0.1) is 0 Å². The lowest BCUT2D eigenvalue weighted by atomic mass is 9.77. The molecule has 2 atom stereocenters. The highest BCUT2D eigenvalue weighted by Gasteiger charge is 2.38. The molecule has 140 valence electrons. The molecule has 1 saturated heterocycles. The third-order valence-electron chi connectivity index (χ3n) is 6.18. The topological polar surface area (TPSA) is 49.4 Å². The molecule has 1 aromatic rings. The molecule has 0 radical (unpaired) electrons. The molecule has 26 heavy (non-hydrogen) atoms. The lowest BCUT2D eigenvalue weighted by molar-refractivity contribution is -0.137. The summed E-state index contributed by atoms with van der Waals surface area (Å²) >= 11 is 3.49. The van der Waals surface area contributed by atoms with Gasteiger partial charge in [-0.3, -0.25) is 9.59 Å². The van der Waals surface area contributed by atoms with Crippen molar-refractivity contribution in [3.05, 3.63) is 34.3 Å². The van der Waals surface area contributed by atoms with Gasteiger partial charge in [-0.2, -0.15) is 0 Å². The molecule has 1 N–H and O–H groups in total. The summed E-state index contributed by atoms with van der Waals surface area (Å²) in [6, 6.07) is 8.40. The van der Waals surface area contributed by atoms with Crippen molar-refractivity contribution in [2.24, 2.45) is 17.8 Å². The van der Waals surface area contributed by atoms with E-state index >= 15 is 0 Å². The number of nitrogens with one attached hydrogen (secondary N) is 1. The van der Waals surface area contributed by atoms with Crippen LogP contribution in [0.4, 0.5) is 0 Å².